The zero-order valence-electron chi connectivity index (χ0n) is 12.2. The van der Waals surface area contributed by atoms with Gasteiger partial charge in [0.1, 0.15) is 4.90 Å². The molecule has 114 valence electrons. The molecule has 1 fully saturated rings. The minimum atomic E-state index is -3.57. The van der Waals surface area contributed by atoms with E-state index in [0.717, 1.165) is 0 Å². The van der Waals surface area contributed by atoms with Gasteiger partial charge in [-0.15, -0.1) is 0 Å². The smallest absolute Gasteiger partial charge is 0.244 e. The maximum atomic E-state index is 12.4. The predicted molar refractivity (Wildman–Crippen MR) is 76.7 cm³/mol. The van der Waals surface area contributed by atoms with E-state index in [9.17, 15) is 8.42 Å². The molecule has 0 aliphatic heterocycles. The number of aryl methyl sites for hydroxylation is 1. The number of rotatable bonds is 7. The molecular weight excluding hydrogens is 278 g/mol. The van der Waals surface area contributed by atoms with Gasteiger partial charge in [0.25, 0.3) is 0 Å². The number of nitrogens with two attached hydrogens (primary N) is 1. The first-order valence-corrected chi connectivity index (χ1v) is 8.30. The Hall–Kier alpha value is -0.960. The van der Waals surface area contributed by atoms with Gasteiger partial charge in [-0.05, 0) is 33.7 Å². The number of nitrogens with one attached hydrogen (secondary N) is 2. The molecule has 1 aliphatic carbocycles. The number of sulfonamides is 1. The number of hydrogen-bond donors (Lipinski definition) is 3. The van der Waals surface area contributed by atoms with Crippen LogP contribution < -0.4 is 10.5 Å². The SMILES string of the molecule is Cc1[nH]nc(CN)c1S(=O)(=O)NCC(C)N(C)C1CC1. The highest BCUT2D eigenvalue weighted by molar-refractivity contribution is 7.89. The molecule has 0 bridgehead atoms. The monoisotopic (exact) mass is 301 g/mol. The molecule has 1 unspecified atom stereocenters. The van der Waals surface area contributed by atoms with Crippen LogP contribution in [0.25, 0.3) is 0 Å². The van der Waals surface area contributed by atoms with Gasteiger partial charge in [0.15, 0.2) is 0 Å². The van der Waals surface area contributed by atoms with Crippen LogP contribution in [-0.4, -0.2) is 49.2 Å². The zero-order valence-corrected chi connectivity index (χ0v) is 13.0. The maximum Gasteiger partial charge on any atom is 0.244 e. The molecule has 4 N–H and O–H groups in total. The molecule has 1 aromatic heterocycles. The van der Waals surface area contributed by atoms with Crippen LogP contribution in [0.3, 0.4) is 0 Å². The molecule has 0 aromatic carbocycles. The highest BCUT2D eigenvalue weighted by atomic mass is 32.2. The Morgan fingerprint density at radius 1 is 1.55 bits per heavy atom. The molecule has 1 aromatic rings. The normalized spacial score (nSPS) is 17.6. The van der Waals surface area contributed by atoms with Crippen LogP contribution in [0, 0.1) is 6.92 Å². The third-order valence-corrected chi connectivity index (χ3v) is 5.44. The zero-order chi connectivity index (χ0) is 14.9. The Morgan fingerprint density at radius 2 is 2.20 bits per heavy atom. The largest absolute Gasteiger partial charge is 0.325 e. The van der Waals surface area contributed by atoms with E-state index in [1.165, 1.54) is 12.8 Å². The van der Waals surface area contributed by atoms with Gasteiger partial charge in [0.05, 0.1) is 11.4 Å². The van der Waals surface area contributed by atoms with E-state index in [-0.39, 0.29) is 17.5 Å². The fourth-order valence-electron chi connectivity index (χ4n) is 2.25. The summed E-state index contributed by atoms with van der Waals surface area (Å²) in [6, 6.07) is 0.760. The lowest BCUT2D eigenvalue weighted by molar-refractivity contribution is 0.248. The highest BCUT2D eigenvalue weighted by Crippen LogP contribution is 2.26. The van der Waals surface area contributed by atoms with E-state index in [2.05, 4.69) is 19.8 Å². The third-order valence-electron chi connectivity index (χ3n) is 3.81. The van der Waals surface area contributed by atoms with Crippen molar-refractivity contribution in [3.63, 3.8) is 0 Å². The minimum absolute atomic E-state index is 0.0954. The summed E-state index contributed by atoms with van der Waals surface area (Å²) in [6.07, 6.45) is 2.40. The number of aromatic nitrogens is 2. The topological polar surface area (TPSA) is 104 Å². The van der Waals surface area contributed by atoms with Crippen molar-refractivity contribution in [3.8, 4) is 0 Å². The van der Waals surface area contributed by atoms with Gasteiger partial charge in [0, 0.05) is 25.2 Å². The molecule has 0 saturated heterocycles. The van der Waals surface area contributed by atoms with E-state index in [1.54, 1.807) is 6.92 Å². The molecule has 8 heteroatoms. The first-order chi connectivity index (χ1) is 9.36. The number of nitrogens with zero attached hydrogens (tertiary/aromatic N) is 2. The molecule has 1 atom stereocenters. The molecule has 0 radical (unpaired) electrons. The number of H-pyrrole nitrogens is 1. The summed E-state index contributed by atoms with van der Waals surface area (Å²) in [5, 5.41) is 6.59. The lowest BCUT2D eigenvalue weighted by atomic mass is 10.3. The van der Waals surface area contributed by atoms with Crippen LogP contribution in [0.15, 0.2) is 4.90 Å². The Balaban J connectivity index is 2.05. The summed E-state index contributed by atoms with van der Waals surface area (Å²) < 4.78 is 27.4. The van der Waals surface area contributed by atoms with Crippen LogP contribution in [0.5, 0.6) is 0 Å². The van der Waals surface area contributed by atoms with Gasteiger partial charge in [-0.2, -0.15) is 5.10 Å². The predicted octanol–water partition coefficient (Wildman–Crippen LogP) is -0.0622. The van der Waals surface area contributed by atoms with E-state index in [4.69, 9.17) is 5.73 Å². The maximum absolute atomic E-state index is 12.4. The average molecular weight is 301 g/mol. The molecule has 1 aliphatic rings. The second-order valence-electron chi connectivity index (χ2n) is 5.43. The summed E-state index contributed by atoms with van der Waals surface area (Å²) in [6.45, 7) is 4.18. The fraction of sp³-hybridized carbons (Fsp3) is 0.750. The van der Waals surface area contributed by atoms with Crippen molar-refractivity contribution in [1.82, 2.24) is 19.8 Å². The van der Waals surface area contributed by atoms with Crippen molar-refractivity contribution in [2.24, 2.45) is 5.73 Å². The first kappa shape index (κ1) is 15.4. The summed E-state index contributed by atoms with van der Waals surface area (Å²) >= 11 is 0. The Bertz CT molecular complexity index is 564. The summed E-state index contributed by atoms with van der Waals surface area (Å²) in [4.78, 5) is 2.40. The van der Waals surface area contributed by atoms with Crippen molar-refractivity contribution in [2.75, 3.05) is 13.6 Å². The Kier molecular flexibility index (Phi) is 4.48. The lowest BCUT2D eigenvalue weighted by Crippen LogP contribution is -2.41. The fourth-order valence-corrected chi connectivity index (χ4v) is 3.75. The standard InChI is InChI=1S/C12H23N5O2S/c1-8(17(3)10-4-5-10)7-14-20(18,19)12-9(2)15-16-11(12)6-13/h8,10,14H,4-7,13H2,1-3H3,(H,15,16). The van der Waals surface area contributed by atoms with Crippen LogP contribution in [0.2, 0.25) is 0 Å². The summed E-state index contributed by atoms with van der Waals surface area (Å²) in [5.41, 5.74) is 6.42. The number of hydrogen-bond acceptors (Lipinski definition) is 5. The van der Waals surface area contributed by atoms with E-state index in [0.29, 0.717) is 24.0 Å². The van der Waals surface area contributed by atoms with Crippen molar-refractivity contribution >= 4 is 10.0 Å². The van der Waals surface area contributed by atoms with Gasteiger partial charge >= 0.3 is 0 Å². The second kappa shape index (κ2) is 5.80. The molecule has 2 rings (SSSR count). The molecule has 0 amide bonds. The second-order valence-corrected chi connectivity index (χ2v) is 7.13. The summed E-state index contributed by atoms with van der Waals surface area (Å²) in [5.74, 6) is 0. The molecule has 1 heterocycles. The average Bonchev–Trinajstić information content (AvgIpc) is 3.17. The van der Waals surface area contributed by atoms with Crippen molar-refractivity contribution in [1.29, 1.82) is 0 Å². The third kappa shape index (κ3) is 3.20. The van der Waals surface area contributed by atoms with Gasteiger partial charge in [0.2, 0.25) is 10.0 Å². The Morgan fingerprint density at radius 3 is 2.75 bits per heavy atom. The van der Waals surface area contributed by atoms with Crippen molar-refractivity contribution in [2.45, 2.75) is 50.2 Å². The van der Waals surface area contributed by atoms with Gasteiger partial charge < -0.3 is 5.73 Å². The van der Waals surface area contributed by atoms with Crippen LogP contribution in [-0.2, 0) is 16.6 Å². The van der Waals surface area contributed by atoms with E-state index >= 15 is 0 Å². The van der Waals surface area contributed by atoms with E-state index < -0.39 is 10.0 Å². The minimum Gasteiger partial charge on any atom is -0.325 e. The van der Waals surface area contributed by atoms with Crippen LogP contribution in [0.4, 0.5) is 0 Å². The van der Waals surface area contributed by atoms with Crippen molar-refractivity contribution < 1.29 is 8.42 Å². The highest BCUT2D eigenvalue weighted by Gasteiger charge is 2.30. The molecule has 7 nitrogen and oxygen atoms in total. The van der Waals surface area contributed by atoms with Gasteiger partial charge in [-0.1, -0.05) is 0 Å². The number of likely N-dealkylation sites (N-methyl/N-ethyl adjacent to an activating group) is 1. The molecule has 0 spiro atoms. The quantitative estimate of drug-likeness (QED) is 0.654. The van der Waals surface area contributed by atoms with Gasteiger partial charge in [-0.25, -0.2) is 13.1 Å². The van der Waals surface area contributed by atoms with Crippen LogP contribution in [0.1, 0.15) is 31.2 Å². The lowest BCUT2D eigenvalue weighted by Gasteiger charge is -2.24. The van der Waals surface area contributed by atoms with Gasteiger partial charge in [-0.3, -0.25) is 10.00 Å². The van der Waals surface area contributed by atoms with Crippen molar-refractivity contribution in [3.05, 3.63) is 11.4 Å². The molecule has 20 heavy (non-hydrogen) atoms. The Labute approximate surface area is 120 Å². The first-order valence-electron chi connectivity index (χ1n) is 6.82. The van der Waals surface area contributed by atoms with Crippen LogP contribution >= 0.6 is 0 Å². The van der Waals surface area contributed by atoms with E-state index in [1.807, 2.05) is 14.0 Å². The molecular formula is C12H23N5O2S. The number of aromatic amines is 1. The molecule has 1 saturated carbocycles. The summed E-state index contributed by atoms with van der Waals surface area (Å²) in [7, 11) is -1.54.